The van der Waals surface area contributed by atoms with Gasteiger partial charge in [0.05, 0.1) is 39.7 Å². The minimum atomic E-state index is 0.492. The summed E-state index contributed by atoms with van der Waals surface area (Å²) < 4.78 is 21.9. The summed E-state index contributed by atoms with van der Waals surface area (Å²) >= 11 is 1.68. The van der Waals surface area contributed by atoms with E-state index in [1.165, 1.54) is 11.1 Å². The molecule has 0 radical (unpaired) electrons. The van der Waals surface area contributed by atoms with Crippen LogP contribution in [0.2, 0.25) is 0 Å². The molecule has 3 aromatic rings. The predicted octanol–water partition coefficient (Wildman–Crippen LogP) is 5.04. The Hall–Kier alpha value is -2.69. The Balaban J connectivity index is 1.52. The van der Waals surface area contributed by atoms with E-state index in [0.717, 1.165) is 59.7 Å². The number of thiazole rings is 1. The summed E-state index contributed by atoms with van der Waals surface area (Å²) in [4.78, 5) is 7.27. The van der Waals surface area contributed by atoms with Crippen LogP contribution in [-0.2, 0) is 29.0 Å². The third-order valence-corrected chi connectivity index (χ3v) is 6.68. The number of ether oxygens (including phenoxy) is 4. The number of anilines is 1. The zero-order chi connectivity index (χ0) is 26.3. The van der Waals surface area contributed by atoms with Gasteiger partial charge in [-0.15, -0.1) is 11.3 Å². The smallest absolute Gasteiger partial charge is 0.186 e. The van der Waals surface area contributed by atoms with Gasteiger partial charge in [-0.1, -0.05) is 24.3 Å². The molecule has 0 saturated heterocycles. The van der Waals surface area contributed by atoms with Crippen LogP contribution in [0.25, 0.3) is 0 Å². The van der Waals surface area contributed by atoms with Gasteiger partial charge in [-0.3, -0.25) is 0 Å². The molecule has 202 valence electrons. The Labute approximate surface area is 224 Å². The number of aryl methyl sites for hydroxylation is 1. The lowest BCUT2D eigenvalue weighted by Gasteiger charge is -2.23. The first-order valence-electron chi connectivity index (χ1n) is 12.6. The lowest BCUT2D eigenvalue weighted by Crippen LogP contribution is -2.22. The monoisotopic (exact) mass is 529 g/mol. The quantitative estimate of drug-likeness (QED) is 0.181. The van der Waals surface area contributed by atoms with Crippen LogP contribution in [0.5, 0.6) is 11.5 Å². The van der Waals surface area contributed by atoms with Gasteiger partial charge in [-0.2, -0.15) is 5.06 Å². The fourth-order valence-electron chi connectivity index (χ4n) is 3.76. The van der Waals surface area contributed by atoms with E-state index in [4.69, 9.17) is 29.1 Å². The van der Waals surface area contributed by atoms with Crippen molar-refractivity contribution in [2.45, 2.75) is 32.4 Å². The zero-order valence-electron chi connectivity index (χ0n) is 22.1. The van der Waals surface area contributed by atoms with Gasteiger partial charge in [-0.05, 0) is 54.7 Å². The summed E-state index contributed by atoms with van der Waals surface area (Å²) in [7, 11) is 4.98. The second-order valence-electron chi connectivity index (χ2n) is 8.74. The largest absolute Gasteiger partial charge is 0.497 e. The van der Waals surface area contributed by atoms with Gasteiger partial charge < -0.3 is 29.1 Å². The standard InChI is InChI=1S/C28H39N3O5S/c1-30(32)13-15-36-17-16-35-14-5-4-10-25-22-37-28(29-25)31(20-23-8-6-11-26(18-23)33-2)21-24-9-7-12-27(19-24)34-3/h6-9,11-12,18-19,22,32H,4-5,10,13-17,20-21H2,1-3H3. The van der Waals surface area contributed by atoms with Crippen LogP contribution < -0.4 is 14.4 Å². The average molecular weight is 530 g/mol. The van der Waals surface area contributed by atoms with Crippen molar-refractivity contribution in [2.75, 3.05) is 59.1 Å². The number of methoxy groups -OCH3 is 2. The molecule has 0 amide bonds. The van der Waals surface area contributed by atoms with Gasteiger partial charge >= 0.3 is 0 Å². The van der Waals surface area contributed by atoms with Crippen LogP contribution in [-0.4, -0.2) is 69.5 Å². The van der Waals surface area contributed by atoms with Crippen LogP contribution in [0.3, 0.4) is 0 Å². The third kappa shape index (κ3) is 10.7. The summed E-state index contributed by atoms with van der Waals surface area (Å²) in [6.45, 7) is 4.26. The summed E-state index contributed by atoms with van der Waals surface area (Å²) in [6, 6.07) is 16.3. The van der Waals surface area contributed by atoms with Gasteiger partial charge in [0.25, 0.3) is 0 Å². The van der Waals surface area contributed by atoms with Crippen molar-refractivity contribution in [3.8, 4) is 11.5 Å². The molecule has 1 aromatic heterocycles. The van der Waals surface area contributed by atoms with Crippen LogP contribution in [0.1, 0.15) is 29.7 Å². The SMILES string of the molecule is COc1cccc(CN(Cc2cccc(OC)c2)c2nc(CCCCOCCOCCN(C)O)cs2)c1. The van der Waals surface area contributed by atoms with Crippen molar-refractivity contribution in [3.05, 3.63) is 70.7 Å². The van der Waals surface area contributed by atoms with Crippen molar-refractivity contribution in [2.24, 2.45) is 0 Å². The fourth-order valence-corrected chi connectivity index (χ4v) is 4.62. The van der Waals surface area contributed by atoms with Gasteiger partial charge in [0.2, 0.25) is 0 Å². The molecule has 1 heterocycles. The molecule has 8 nitrogen and oxygen atoms in total. The molecule has 0 aliphatic rings. The topological polar surface area (TPSA) is 76.5 Å². The number of nitrogens with zero attached hydrogens (tertiary/aromatic N) is 3. The molecule has 0 spiro atoms. The Morgan fingerprint density at radius 2 is 1.46 bits per heavy atom. The molecule has 0 atom stereocenters. The first-order valence-corrected chi connectivity index (χ1v) is 13.5. The number of hydroxylamine groups is 2. The highest BCUT2D eigenvalue weighted by molar-refractivity contribution is 7.13. The highest BCUT2D eigenvalue weighted by atomic mass is 32.1. The molecule has 3 rings (SSSR count). The highest BCUT2D eigenvalue weighted by Crippen LogP contribution is 2.27. The van der Waals surface area contributed by atoms with E-state index in [1.807, 2.05) is 24.3 Å². The van der Waals surface area contributed by atoms with Crippen molar-refractivity contribution in [1.82, 2.24) is 10.0 Å². The molecule has 0 fully saturated rings. The summed E-state index contributed by atoms with van der Waals surface area (Å²) in [6.07, 6.45) is 2.92. The van der Waals surface area contributed by atoms with E-state index < -0.39 is 0 Å². The minimum absolute atomic E-state index is 0.492. The first-order chi connectivity index (χ1) is 18.1. The summed E-state index contributed by atoms with van der Waals surface area (Å²) in [5.41, 5.74) is 3.45. The van der Waals surface area contributed by atoms with E-state index in [-0.39, 0.29) is 0 Å². The van der Waals surface area contributed by atoms with E-state index in [0.29, 0.717) is 33.0 Å². The summed E-state index contributed by atoms with van der Waals surface area (Å²) in [5.74, 6) is 1.70. The number of rotatable bonds is 18. The van der Waals surface area contributed by atoms with Gasteiger partial charge in [0, 0.05) is 38.7 Å². The number of hydrogen-bond acceptors (Lipinski definition) is 9. The Kier molecular flexibility index (Phi) is 12.7. The summed E-state index contributed by atoms with van der Waals surface area (Å²) in [5, 5.41) is 13.3. The second kappa shape index (κ2) is 16.2. The fraction of sp³-hybridized carbons (Fsp3) is 0.464. The molecule has 0 aliphatic carbocycles. The van der Waals surface area contributed by atoms with Crippen molar-refractivity contribution < 1.29 is 24.2 Å². The number of hydrogen-bond donors (Lipinski definition) is 1. The molecule has 2 aromatic carbocycles. The number of likely N-dealkylation sites (N-methyl/N-ethyl adjacent to an activating group) is 1. The highest BCUT2D eigenvalue weighted by Gasteiger charge is 2.14. The molecule has 0 bridgehead atoms. The molecule has 37 heavy (non-hydrogen) atoms. The predicted molar refractivity (Wildman–Crippen MR) is 147 cm³/mol. The normalized spacial score (nSPS) is 11.2. The van der Waals surface area contributed by atoms with Gasteiger partial charge in [-0.25, -0.2) is 4.98 Å². The maximum absolute atomic E-state index is 9.06. The maximum Gasteiger partial charge on any atom is 0.186 e. The Bertz CT molecular complexity index is 996. The second-order valence-corrected chi connectivity index (χ2v) is 9.58. The molecule has 0 aliphatic heterocycles. The average Bonchev–Trinajstić information content (AvgIpc) is 3.38. The Morgan fingerprint density at radius 3 is 2.05 bits per heavy atom. The van der Waals surface area contributed by atoms with Crippen molar-refractivity contribution in [3.63, 3.8) is 0 Å². The molecule has 0 unspecified atom stereocenters. The molecule has 1 N–H and O–H groups in total. The van der Waals surface area contributed by atoms with E-state index in [1.54, 1.807) is 32.6 Å². The lowest BCUT2D eigenvalue weighted by molar-refractivity contribution is -0.0830. The molecular weight excluding hydrogens is 490 g/mol. The zero-order valence-corrected chi connectivity index (χ0v) is 22.9. The van der Waals surface area contributed by atoms with Crippen molar-refractivity contribution >= 4 is 16.5 Å². The number of aromatic nitrogens is 1. The molecule has 0 saturated carbocycles. The van der Waals surface area contributed by atoms with Gasteiger partial charge in [0.1, 0.15) is 11.5 Å². The lowest BCUT2D eigenvalue weighted by atomic mass is 10.1. The van der Waals surface area contributed by atoms with E-state index in [9.17, 15) is 0 Å². The third-order valence-electron chi connectivity index (χ3n) is 5.73. The van der Waals surface area contributed by atoms with Gasteiger partial charge in [0.15, 0.2) is 5.13 Å². The van der Waals surface area contributed by atoms with E-state index in [2.05, 4.69) is 34.5 Å². The van der Waals surface area contributed by atoms with Crippen LogP contribution >= 0.6 is 11.3 Å². The number of unbranched alkanes of at least 4 members (excludes halogenated alkanes) is 1. The minimum Gasteiger partial charge on any atom is -0.497 e. The van der Waals surface area contributed by atoms with Crippen LogP contribution in [0.15, 0.2) is 53.9 Å². The Morgan fingerprint density at radius 1 is 0.838 bits per heavy atom. The first kappa shape index (κ1) is 28.9. The van der Waals surface area contributed by atoms with Crippen LogP contribution in [0, 0.1) is 0 Å². The van der Waals surface area contributed by atoms with Crippen molar-refractivity contribution in [1.29, 1.82) is 0 Å². The number of benzene rings is 2. The van der Waals surface area contributed by atoms with Crippen LogP contribution in [0.4, 0.5) is 5.13 Å². The van der Waals surface area contributed by atoms with E-state index >= 15 is 0 Å². The molecule has 9 heteroatoms. The maximum atomic E-state index is 9.06. The molecular formula is C28H39N3O5S.